The zero-order chi connectivity index (χ0) is 21.8. The summed E-state index contributed by atoms with van der Waals surface area (Å²) in [6.07, 6.45) is 1.97. The highest BCUT2D eigenvalue weighted by Crippen LogP contribution is 2.39. The molecule has 166 valence electrons. The van der Waals surface area contributed by atoms with Crippen LogP contribution in [0.3, 0.4) is 0 Å². The maximum Gasteiger partial charge on any atom is 0.237 e. The van der Waals surface area contributed by atoms with E-state index < -0.39 is 0 Å². The monoisotopic (exact) mass is 423 g/mol. The Balaban J connectivity index is 1.39. The van der Waals surface area contributed by atoms with E-state index in [1.165, 1.54) is 11.3 Å². The first kappa shape index (κ1) is 21.5. The van der Waals surface area contributed by atoms with Gasteiger partial charge in [-0.15, -0.1) is 0 Å². The molecule has 0 bridgehead atoms. The number of carbonyl (C=O) groups is 1. The highest BCUT2D eigenvalue weighted by atomic mass is 16.5. The molecule has 6 heteroatoms. The lowest BCUT2D eigenvalue weighted by atomic mass is 10.0. The fourth-order valence-electron chi connectivity index (χ4n) is 4.76. The largest absolute Gasteiger partial charge is 0.497 e. The van der Waals surface area contributed by atoms with E-state index in [-0.39, 0.29) is 11.9 Å². The van der Waals surface area contributed by atoms with Gasteiger partial charge in [-0.3, -0.25) is 9.69 Å². The van der Waals surface area contributed by atoms with E-state index in [0.29, 0.717) is 6.54 Å². The standard InChI is InChI=1S/C25H33N3O3/c1-19-6-4-7-20(16-19)27-14-12-26(13-15-27)18-25(29)28-11-5-8-23(28)22-17-21(30-2)9-10-24(22)31-3/h4,6-7,9-10,16-17,23H,5,8,11-15,18H2,1-3H3. The van der Waals surface area contributed by atoms with E-state index in [0.717, 1.165) is 62.6 Å². The summed E-state index contributed by atoms with van der Waals surface area (Å²) in [7, 11) is 3.35. The lowest BCUT2D eigenvalue weighted by Crippen LogP contribution is -2.50. The van der Waals surface area contributed by atoms with Crippen molar-refractivity contribution in [3.8, 4) is 11.5 Å². The molecule has 0 N–H and O–H groups in total. The summed E-state index contributed by atoms with van der Waals surface area (Å²) < 4.78 is 11.0. The topological polar surface area (TPSA) is 45.3 Å². The molecule has 2 aromatic carbocycles. The molecular formula is C25H33N3O3. The Labute approximate surface area is 185 Å². The van der Waals surface area contributed by atoms with E-state index in [1.807, 2.05) is 23.1 Å². The van der Waals surface area contributed by atoms with Gasteiger partial charge >= 0.3 is 0 Å². The van der Waals surface area contributed by atoms with Gasteiger partial charge < -0.3 is 19.3 Å². The Morgan fingerprint density at radius 1 is 1.00 bits per heavy atom. The van der Waals surface area contributed by atoms with E-state index in [2.05, 4.69) is 41.0 Å². The van der Waals surface area contributed by atoms with Crippen LogP contribution in [0, 0.1) is 6.92 Å². The van der Waals surface area contributed by atoms with Crippen LogP contribution >= 0.6 is 0 Å². The number of anilines is 1. The van der Waals surface area contributed by atoms with Gasteiger partial charge in [0.1, 0.15) is 11.5 Å². The maximum atomic E-state index is 13.2. The molecule has 2 aromatic rings. The number of carbonyl (C=O) groups excluding carboxylic acids is 1. The number of ether oxygens (including phenoxy) is 2. The van der Waals surface area contributed by atoms with Crippen molar-refractivity contribution in [2.45, 2.75) is 25.8 Å². The minimum Gasteiger partial charge on any atom is -0.497 e. The fraction of sp³-hybridized carbons (Fsp3) is 0.480. The molecule has 2 fully saturated rings. The smallest absolute Gasteiger partial charge is 0.237 e. The van der Waals surface area contributed by atoms with E-state index >= 15 is 0 Å². The number of piperazine rings is 1. The maximum absolute atomic E-state index is 13.2. The van der Waals surface area contributed by atoms with Gasteiger partial charge in [-0.1, -0.05) is 12.1 Å². The number of methoxy groups -OCH3 is 2. The Hall–Kier alpha value is -2.73. The van der Waals surface area contributed by atoms with Crippen molar-refractivity contribution < 1.29 is 14.3 Å². The molecule has 0 spiro atoms. The van der Waals surface area contributed by atoms with Gasteiger partial charge in [-0.25, -0.2) is 0 Å². The molecule has 1 unspecified atom stereocenters. The molecule has 1 atom stereocenters. The molecule has 0 saturated carbocycles. The summed E-state index contributed by atoms with van der Waals surface area (Å²) in [6.45, 7) is 7.11. The van der Waals surface area contributed by atoms with Crippen LogP contribution in [0.25, 0.3) is 0 Å². The SMILES string of the molecule is COc1ccc(OC)c(C2CCCN2C(=O)CN2CCN(c3cccc(C)c3)CC2)c1. The number of nitrogens with zero attached hydrogens (tertiary/aromatic N) is 3. The predicted octanol–water partition coefficient (Wildman–Crippen LogP) is 3.50. The molecule has 6 nitrogen and oxygen atoms in total. The molecule has 2 aliphatic heterocycles. The molecule has 0 radical (unpaired) electrons. The lowest BCUT2D eigenvalue weighted by molar-refractivity contribution is -0.133. The number of likely N-dealkylation sites (tertiary alicyclic amines) is 1. The summed E-state index contributed by atoms with van der Waals surface area (Å²) in [5.74, 6) is 1.82. The first-order valence-corrected chi connectivity index (χ1v) is 11.1. The second kappa shape index (κ2) is 9.60. The van der Waals surface area contributed by atoms with Crippen molar-refractivity contribution >= 4 is 11.6 Å². The van der Waals surface area contributed by atoms with Gasteiger partial charge in [0.25, 0.3) is 0 Å². The van der Waals surface area contributed by atoms with E-state index in [4.69, 9.17) is 9.47 Å². The summed E-state index contributed by atoms with van der Waals surface area (Å²) in [5.41, 5.74) is 3.59. The van der Waals surface area contributed by atoms with Crippen molar-refractivity contribution in [3.63, 3.8) is 0 Å². The summed E-state index contributed by atoms with van der Waals surface area (Å²) in [4.78, 5) is 20.0. The average molecular weight is 424 g/mol. The van der Waals surface area contributed by atoms with Crippen molar-refractivity contribution in [3.05, 3.63) is 53.6 Å². The Bertz CT molecular complexity index is 909. The van der Waals surface area contributed by atoms with Crippen LogP contribution in [0.4, 0.5) is 5.69 Å². The van der Waals surface area contributed by atoms with Crippen LogP contribution in [-0.4, -0.2) is 69.2 Å². The first-order chi connectivity index (χ1) is 15.1. The number of hydrogen-bond donors (Lipinski definition) is 0. The van der Waals surface area contributed by atoms with Gasteiger partial charge in [-0.05, 0) is 55.7 Å². The Morgan fingerprint density at radius 3 is 2.52 bits per heavy atom. The van der Waals surface area contributed by atoms with Crippen molar-refractivity contribution in [2.24, 2.45) is 0 Å². The number of benzene rings is 2. The molecule has 1 amide bonds. The van der Waals surface area contributed by atoms with Crippen LogP contribution in [0.2, 0.25) is 0 Å². The number of aryl methyl sites for hydroxylation is 1. The van der Waals surface area contributed by atoms with Crippen LogP contribution < -0.4 is 14.4 Å². The Kier molecular flexibility index (Phi) is 6.66. The summed E-state index contributed by atoms with van der Waals surface area (Å²) >= 11 is 0. The lowest BCUT2D eigenvalue weighted by Gasteiger charge is -2.37. The number of hydrogen-bond acceptors (Lipinski definition) is 5. The fourth-order valence-corrected chi connectivity index (χ4v) is 4.76. The molecule has 0 aromatic heterocycles. The second-order valence-corrected chi connectivity index (χ2v) is 8.46. The molecule has 4 rings (SSSR count). The van der Waals surface area contributed by atoms with E-state index in [1.54, 1.807) is 14.2 Å². The molecule has 2 saturated heterocycles. The third-order valence-corrected chi connectivity index (χ3v) is 6.47. The molecular weight excluding hydrogens is 390 g/mol. The van der Waals surface area contributed by atoms with Gasteiger partial charge in [0.05, 0.1) is 26.8 Å². The average Bonchev–Trinajstić information content (AvgIpc) is 3.29. The van der Waals surface area contributed by atoms with Crippen molar-refractivity contribution in [1.82, 2.24) is 9.80 Å². The highest BCUT2D eigenvalue weighted by molar-refractivity contribution is 5.79. The molecule has 2 aliphatic rings. The van der Waals surface area contributed by atoms with Gasteiger partial charge in [0.2, 0.25) is 5.91 Å². The third kappa shape index (κ3) is 4.79. The second-order valence-electron chi connectivity index (χ2n) is 8.46. The highest BCUT2D eigenvalue weighted by Gasteiger charge is 2.33. The minimum absolute atomic E-state index is 0.0473. The molecule has 0 aliphatic carbocycles. The zero-order valence-electron chi connectivity index (χ0n) is 18.8. The minimum atomic E-state index is 0.0473. The van der Waals surface area contributed by atoms with Crippen LogP contribution in [0.5, 0.6) is 11.5 Å². The van der Waals surface area contributed by atoms with Crippen LogP contribution in [0.15, 0.2) is 42.5 Å². The normalized spacial score (nSPS) is 19.5. The van der Waals surface area contributed by atoms with Crippen molar-refractivity contribution in [1.29, 1.82) is 0 Å². The van der Waals surface area contributed by atoms with Crippen LogP contribution in [0.1, 0.15) is 30.0 Å². The van der Waals surface area contributed by atoms with Gasteiger partial charge in [-0.2, -0.15) is 0 Å². The molecule has 31 heavy (non-hydrogen) atoms. The van der Waals surface area contributed by atoms with Crippen molar-refractivity contribution in [2.75, 3.05) is 58.4 Å². The van der Waals surface area contributed by atoms with Crippen LogP contribution in [-0.2, 0) is 4.79 Å². The van der Waals surface area contributed by atoms with Gasteiger partial charge in [0, 0.05) is 44.0 Å². The van der Waals surface area contributed by atoms with E-state index in [9.17, 15) is 4.79 Å². The number of rotatable bonds is 6. The number of amides is 1. The molecule has 2 heterocycles. The summed E-state index contributed by atoms with van der Waals surface area (Å²) in [6, 6.07) is 14.5. The Morgan fingerprint density at radius 2 is 1.81 bits per heavy atom. The quantitative estimate of drug-likeness (QED) is 0.712. The third-order valence-electron chi connectivity index (χ3n) is 6.47. The first-order valence-electron chi connectivity index (χ1n) is 11.1. The summed E-state index contributed by atoms with van der Waals surface area (Å²) in [5, 5.41) is 0. The van der Waals surface area contributed by atoms with Gasteiger partial charge in [0.15, 0.2) is 0 Å². The zero-order valence-corrected chi connectivity index (χ0v) is 18.8. The predicted molar refractivity (Wildman–Crippen MR) is 123 cm³/mol.